The Balaban J connectivity index is 2.91. The molecule has 0 unspecified atom stereocenters. The molecule has 4 nitrogen and oxygen atoms in total. The lowest BCUT2D eigenvalue weighted by atomic mass is 10.1. The van der Waals surface area contributed by atoms with Gasteiger partial charge in [-0.05, 0) is 30.7 Å². The summed E-state index contributed by atoms with van der Waals surface area (Å²) in [5, 5.41) is 7.41. The average Bonchev–Trinajstić information content (AvgIpc) is 2.36. The minimum Gasteiger partial charge on any atom is -0.496 e. The van der Waals surface area contributed by atoms with E-state index in [9.17, 15) is 13.2 Å². The molecule has 1 aromatic carbocycles. The van der Waals surface area contributed by atoms with Crippen LogP contribution in [0.5, 0.6) is 5.75 Å². The van der Waals surface area contributed by atoms with Gasteiger partial charge in [0.2, 0.25) is 0 Å². The second kappa shape index (κ2) is 7.31. The predicted molar refractivity (Wildman–Crippen MR) is 75.6 cm³/mol. The van der Waals surface area contributed by atoms with Crippen molar-refractivity contribution in [1.82, 2.24) is 4.90 Å². The van der Waals surface area contributed by atoms with Crippen LogP contribution in [-0.4, -0.2) is 37.1 Å². The van der Waals surface area contributed by atoms with E-state index in [0.29, 0.717) is 29.8 Å². The van der Waals surface area contributed by atoms with E-state index < -0.39 is 12.7 Å². The first kappa shape index (κ1) is 17.3. The van der Waals surface area contributed by atoms with Gasteiger partial charge in [0, 0.05) is 6.54 Å². The van der Waals surface area contributed by atoms with Crippen molar-refractivity contribution in [1.29, 1.82) is 5.41 Å². The van der Waals surface area contributed by atoms with E-state index in [2.05, 4.69) is 0 Å². The number of nitrogens with two attached hydrogens (primary N) is 1. The van der Waals surface area contributed by atoms with Crippen LogP contribution in [0.15, 0.2) is 18.2 Å². The first-order valence-electron chi connectivity index (χ1n) is 6.57. The molecule has 0 radical (unpaired) electrons. The Morgan fingerprint density at radius 2 is 2.05 bits per heavy atom. The summed E-state index contributed by atoms with van der Waals surface area (Å²) < 4.78 is 42.7. The Kier molecular flexibility index (Phi) is 6.02. The van der Waals surface area contributed by atoms with Crippen LogP contribution in [0.2, 0.25) is 0 Å². The molecule has 1 aromatic rings. The van der Waals surface area contributed by atoms with Crippen molar-refractivity contribution in [3.63, 3.8) is 0 Å². The number of benzene rings is 1. The Bertz CT molecular complexity index is 489. The topological polar surface area (TPSA) is 62.3 Å². The average molecular weight is 303 g/mol. The van der Waals surface area contributed by atoms with E-state index in [1.807, 2.05) is 6.92 Å². The fraction of sp³-hybridized carbons (Fsp3) is 0.500. The molecule has 0 bridgehead atoms. The minimum absolute atomic E-state index is 0.140. The standard InChI is InChI=1S/C14H20F3N3O/c1-3-6-20(9-14(15,16)17)8-10-4-5-11(13(18)19)12(7-10)21-2/h4-5,7H,3,6,8-9H2,1-2H3,(H3,18,19). The first-order valence-corrected chi connectivity index (χ1v) is 6.57. The van der Waals surface area contributed by atoms with E-state index in [0.717, 1.165) is 0 Å². The molecular formula is C14H20F3N3O. The van der Waals surface area contributed by atoms with Gasteiger partial charge in [0.1, 0.15) is 11.6 Å². The first-order chi connectivity index (χ1) is 9.76. The van der Waals surface area contributed by atoms with E-state index in [1.54, 1.807) is 18.2 Å². The fourth-order valence-electron chi connectivity index (χ4n) is 2.10. The van der Waals surface area contributed by atoms with Crippen LogP contribution in [0.3, 0.4) is 0 Å². The monoisotopic (exact) mass is 303 g/mol. The third-order valence-electron chi connectivity index (χ3n) is 2.91. The molecule has 0 saturated heterocycles. The molecular weight excluding hydrogens is 283 g/mol. The van der Waals surface area contributed by atoms with Gasteiger partial charge in [-0.1, -0.05) is 13.0 Å². The van der Waals surface area contributed by atoms with Gasteiger partial charge in [-0.3, -0.25) is 10.3 Å². The molecule has 0 aromatic heterocycles. The van der Waals surface area contributed by atoms with Gasteiger partial charge < -0.3 is 10.5 Å². The molecule has 0 aliphatic rings. The Morgan fingerprint density at radius 3 is 2.52 bits per heavy atom. The van der Waals surface area contributed by atoms with Gasteiger partial charge in [-0.25, -0.2) is 0 Å². The van der Waals surface area contributed by atoms with Gasteiger partial charge in [0.15, 0.2) is 0 Å². The quantitative estimate of drug-likeness (QED) is 0.601. The van der Waals surface area contributed by atoms with E-state index in [1.165, 1.54) is 12.0 Å². The van der Waals surface area contributed by atoms with Crippen molar-refractivity contribution in [2.45, 2.75) is 26.1 Å². The van der Waals surface area contributed by atoms with Crippen molar-refractivity contribution in [2.75, 3.05) is 20.2 Å². The Labute approximate surface area is 122 Å². The zero-order valence-corrected chi connectivity index (χ0v) is 12.1. The maximum Gasteiger partial charge on any atom is 0.401 e. The summed E-state index contributed by atoms with van der Waals surface area (Å²) in [4.78, 5) is 1.34. The SMILES string of the molecule is CCCN(Cc1ccc(C(=N)N)c(OC)c1)CC(F)(F)F. The summed E-state index contributed by atoms with van der Waals surface area (Å²) in [6.07, 6.45) is -3.59. The molecule has 118 valence electrons. The number of amidine groups is 1. The smallest absolute Gasteiger partial charge is 0.401 e. The largest absolute Gasteiger partial charge is 0.496 e. The normalized spacial score (nSPS) is 11.7. The lowest BCUT2D eigenvalue weighted by molar-refractivity contribution is -0.147. The number of nitrogens with zero attached hydrogens (tertiary/aromatic N) is 1. The highest BCUT2D eigenvalue weighted by Gasteiger charge is 2.30. The van der Waals surface area contributed by atoms with E-state index >= 15 is 0 Å². The Hall–Kier alpha value is -1.76. The molecule has 0 saturated carbocycles. The highest BCUT2D eigenvalue weighted by molar-refractivity contribution is 5.97. The maximum absolute atomic E-state index is 12.5. The number of rotatable bonds is 7. The molecule has 1 rings (SSSR count). The molecule has 0 atom stereocenters. The fourth-order valence-corrected chi connectivity index (χ4v) is 2.10. The van der Waals surface area contributed by atoms with Gasteiger partial charge in [-0.2, -0.15) is 13.2 Å². The lowest BCUT2D eigenvalue weighted by Crippen LogP contribution is -2.34. The zero-order chi connectivity index (χ0) is 16.0. The molecule has 7 heteroatoms. The van der Waals surface area contributed by atoms with Crippen LogP contribution >= 0.6 is 0 Å². The lowest BCUT2D eigenvalue weighted by Gasteiger charge is -2.23. The van der Waals surface area contributed by atoms with Gasteiger partial charge in [-0.15, -0.1) is 0 Å². The van der Waals surface area contributed by atoms with Crippen LogP contribution in [-0.2, 0) is 6.54 Å². The number of hydrogen-bond acceptors (Lipinski definition) is 3. The van der Waals surface area contributed by atoms with Gasteiger partial charge in [0.25, 0.3) is 0 Å². The van der Waals surface area contributed by atoms with Gasteiger partial charge >= 0.3 is 6.18 Å². The highest BCUT2D eigenvalue weighted by atomic mass is 19.4. The van der Waals surface area contributed by atoms with Crippen LogP contribution in [0.25, 0.3) is 0 Å². The summed E-state index contributed by atoms with van der Waals surface area (Å²) in [5.41, 5.74) is 6.54. The number of alkyl halides is 3. The number of hydrogen-bond donors (Lipinski definition) is 2. The second-order valence-electron chi connectivity index (χ2n) is 4.77. The van der Waals surface area contributed by atoms with Crippen molar-refractivity contribution in [3.05, 3.63) is 29.3 Å². The third kappa shape index (κ3) is 5.63. The third-order valence-corrected chi connectivity index (χ3v) is 2.91. The van der Waals surface area contributed by atoms with Crippen molar-refractivity contribution >= 4 is 5.84 Å². The second-order valence-corrected chi connectivity index (χ2v) is 4.77. The zero-order valence-electron chi connectivity index (χ0n) is 12.1. The molecule has 0 fully saturated rings. The molecule has 0 spiro atoms. The summed E-state index contributed by atoms with van der Waals surface area (Å²) >= 11 is 0. The van der Waals surface area contributed by atoms with Crippen molar-refractivity contribution in [3.8, 4) is 5.75 Å². The minimum atomic E-state index is -4.22. The maximum atomic E-state index is 12.5. The van der Waals surface area contributed by atoms with Crippen LogP contribution in [0.1, 0.15) is 24.5 Å². The molecule has 0 aliphatic heterocycles. The molecule has 0 amide bonds. The van der Waals surface area contributed by atoms with E-state index in [-0.39, 0.29) is 12.4 Å². The number of nitrogens with one attached hydrogen (secondary N) is 1. The molecule has 0 heterocycles. The molecule has 3 N–H and O–H groups in total. The van der Waals surface area contributed by atoms with Crippen LogP contribution < -0.4 is 10.5 Å². The molecule has 21 heavy (non-hydrogen) atoms. The number of halogens is 3. The van der Waals surface area contributed by atoms with Crippen molar-refractivity contribution in [2.24, 2.45) is 5.73 Å². The van der Waals surface area contributed by atoms with Gasteiger partial charge in [0.05, 0.1) is 19.2 Å². The number of methoxy groups -OCH3 is 1. The molecule has 0 aliphatic carbocycles. The number of ether oxygens (including phenoxy) is 1. The summed E-state index contributed by atoms with van der Waals surface area (Å²) in [7, 11) is 1.44. The summed E-state index contributed by atoms with van der Waals surface area (Å²) in [6, 6.07) is 4.88. The Morgan fingerprint density at radius 1 is 1.38 bits per heavy atom. The van der Waals surface area contributed by atoms with Crippen LogP contribution in [0, 0.1) is 5.41 Å². The highest BCUT2D eigenvalue weighted by Crippen LogP contribution is 2.22. The van der Waals surface area contributed by atoms with E-state index in [4.69, 9.17) is 15.9 Å². The summed E-state index contributed by atoms with van der Waals surface area (Å²) in [5.74, 6) is 0.252. The predicted octanol–water partition coefficient (Wildman–Crippen LogP) is 2.75. The van der Waals surface area contributed by atoms with Crippen molar-refractivity contribution < 1.29 is 17.9 Å². The number of nitrogen functional groups attached to an aromatic ring is 1. The van der Waals surface area contributed by atoms with Crippen LogP contribution in [0.4, 0.5) is 13.2 Å². The summed E-state index contributed by atoms with van der Waals surface area (Å²) in [6.45, 7) is 1.42.